The fourth-order valence-corrected chi connectivity index (χ4v) is 5.44. The molecule has 0 atom stereocenters. The molecule has 0 aliphatic heterocycles. The van der Waals surface area contributed by atoms with Gasteiger partial charge < -0.3 is 50.1 Å². The van der Waals surface area contributed by atoms with Gasteiger partial charge in [-0.1, -0.05) is 77.8 Å². The number of carboxylic acid groups (broad SMARTS) is 4. The Balaban J connectivity index is 0. The van der Waals surface area contributed by atoms with E-state index in [9.17, 15) is 34.5 Å². The molecular formula is C42H49N7O8RuS2-2. The average molecular weight is 945 g/mol. The van der Waals surface area contributed by atoms with Crippen molar-refractivity contribution >= 4 is 58.6 Å². The summed E-state index contributed by atoms with van der Waals surface area (Å²) in [5.41, 5.74) is 0.974. The molecule has 322 valence electrons. The van der Waals surface area contributed by atoms with Crippen LogP contribution in [0.3, 0.4) is 0 Å². The topological polar surface area (TPSA) is 254 Å². The molecule has 4 heterocycles. The molecule has 0 spiro atoms. The first-order valence-corrected chi connectivity index (χ1v) is 19.6. The molecule has 0 aromatic carbocycles. The van der Waals surface area contributed by atoms with Crippen LogP contribution in [0.15, 0.2) is 73.3 Å². The van der Waals surface area contributed by atoms with Gasteiger partial charge in [0.15, 0.2) is 0 Å². The summed E-state index contributed by atoms with van der Waals surface area (Å²) in [4.78, 5) is 58.7. The zero-order valence-electron chi connectivity index (χ0n) is 34.0. The number of carbonyl (C=O) groups excluding carboxylic acids is 3. The van der Waals surface area contributed by atoms with Crippen molar-refractivity contribution in [1.29, 1.82) is 0 Å². The molecule has 4 aromatic heterocycles. The van der Waals surface area contributed by atoms with E-state index >= 15 is 0 Å². The summed E-state index contributed by atoms with van der Waals surface area (Å²) < 4.78 is 1.42. The zero-order valence-corrected chi connectivity index (χ0v) is 37.4. The molecule has 0 bridgehead atoms. The zero-order chi connectivity index (χ0) is 44.6. The van der Waals surface area contributed by atoms with Crippen LogP contribution in [-0.4, -0.2) is 89.9 Å². The van der Waals surface area contributed by atoms with Crippen LogP contribution in [0.25, 0.3) is 33.6 Å². The number of quaternary nitrogens is 1. The van der Waals surface area contributed by atoms with E-state index in [0.29, 0.717) is 0 Å². The molecule has 0 amide bonds. The van der Waals surface area contributed by atoms with E-state index in [1.807, 2.05) is 0 Å². The van der Waals surface area contributed by atoms with E-state index in [0.717, 1.165) is 0 Å². The number of isothiocyanates is 2. The van der Waals surface area contributed by atoms with Gasteiger partial charge in [0.1, 0.15) is 0 Å². The monoisotopic (exact) mass is 945 g/mol. The number of nitrogens with zero attached hydrogens (tertiary/aromatic N) is 7. The van der Waals surface area contributed by atoms with Gasteiger partial charge >= 0.3 is 25.4 Å². The van der Waals surface area contributed by atoms with Gasteiger partial charge in [-0.25, -0.2) is 4.79 Å². The first-order chi connectivity index (χ1) is 28.2. The number of aromatic nitrogens is 4. The van der Waals surface area contributed by atoms with Gasteiger partial charge in [-0.3, -0.25) is 19.9 Å². The third-order valence-electron chi connectivity index (χ3n) is 8.46. The van der Waals surface area contributed by atoms with Crippen LogP contribution in [0, 0.1) is 0 Å². The number of rotatable bonds is 18. The number of hydrogen-bond donors (Lipinski definition) is 1. The van der Waals surface area contributed by atoms with E-state index in [1.54, 1.807) is 0 Å². The molecule has 0 unspecified atom stereocenters. The third-order valence-corrected chi connectivity index (χ3v) is 8.46. The molecule has 4 rings (SSSR count). The van der Waals surface area contributed by atoms with Crippen LogP contribution in [0.4, 0.5) is 0 Å². The van der Waals surface area contributed by atoms with Crippen molar-refractivity contribution in [2.75, 3.05) is 26.2 Å². The minimum atomic E-state index is -1.34. The summed E-state index contributed by atoms with van der Waals surface area (Å²) >= 11 is 7.40. The number of unbranched alkanes of at least 4 members (excludes halogenated alkanes) is 4. The Hall–Kier alpha value is -5.34. The van der Waals surface area contributed by atoms with Gasteiger partial charge in [0.25, 0.3) is 0 Å². The van der Waals surface area contributed by atoms with Crippen molar-refractivity contribution < 1.29 is 63.6 Å². The first kappa shape index (κ1) is 56.8. The fraction of sp³-hybridized carbons (Fsp3) is 0.381. The molecule has 0 fully saturated rings. The molecule has 1 N–H and O–H groups in total. The molecule has 60 heavy (non-hydrogen) atoms. The standard InChI is InChI=1S/C16H36N.2C12H8N2O4.2CNS.Ru/c1-5-9-13-17(14-10-6-2,15-11-7-3)16-12-8-4;2*15-11(16)7-1-3-13-9(5-7)10-6-8(12(17)18)2-4-14-10;2*2-1-3;/h5-16H2,1-4H3;2*1-6H,(H,15,16)(H,17,18);;;/q+1;;;2*-1;+2/p-3. The van der Waals surface area contributed by atoms with Crippen LogP contribution in [0.2, 0.25) is 0 Å². The molecule has 4 aromatic rings. The van der Waals surface area contributed by atoms with Gasteiger partial charge in [-0.05, 0) is 74.2 Å². The Labute approximate surface area is 374 Å². The van der Waals surface area contributed by atoms with Crippen LogP contribution in [0.1, 0.15) is 120 Å². The minimum Gasteiger partial charge on any atom is -0.753 e. The molecule has 0 radical (unpaired) electrons. The quantitative estimate of drug-likeness (QED) is 0.0568. The third kappa shape index (κ3) is 22.7. The number of carboxylic acids is 4. The Kier molecular flexibility index (Phi) is 31.7. The van der Waals surface area contributed by atoms with E-state index in [-0.39, 0.29) is 64.5 Å². The summed E-state index contributed by atoms with van der Waals surface area (Å²) in [5, 5.41) is 57.9. The maximum atomic E-state index is 10.8. The molecular weight excluding hydrogens is 896 g/mol. The average Bonchev–Trinajstić information content (AvgIpc) is 3.24. The summed E-state index contributed by atoms with van der Waals surface area (Å²) in [6, 6.07) is 10.3. The van der Waals surface area contributed by atoms with Gasteiger partial charge in [-0.2, -0.15) is 10.3 Å². The predicted molar refractivity (Wildman–Crippen MR) is 226 cm³/mol. The Morgan fingerprint density at radius 1 is 0.550 bits per heavy atom. The van der Waals surface area contributed by atoms with Crippen molar-refractivity contribution in [3.8, 4) is 22.8 Å². The minimum absolute atomic E-state index is 0. The van der Waals surface area contributed by atoms with Gasteiger partial charge in [0.2, 0.25) is 0 Å². The molecule has 0 saturated carbocycles. The first-order valence-electron chi connectivity index (χ1n) is 18.8. The van der Waals surface area contributed by atoms with Gasteiger partial charge in [0, 0.05) is 41.5 Å². The van der Waals surface area contributed by atoms with Crippen molar-refractivity contribution in [3.05, 3.63) is 106 Å². The van der Waals surface area contributed by atoms with Crippen molar-refractivity contribution in [2.45, 2.75) is 79.1 Å². The van der Waals surface area contributed by atoms with E-state index in [2.05, 4.69) is 72.1 Å². The van der Waals surface area contributed by atoms with Gasteiger partial charge in [0.05, 0.1) is 72.4 Å². The second-order valence-corrected chi connectivity index (χ2v) is 13.1. The second-order valence-electron chi connectivity index (χ2n) is 12.7. The number of thiocarbonyl (C=S) groups is 2. The van der Waals surface area contributed by atoms with Crippen LogP contribution >= 0.6 is 24.4 Å². The Morgan fingerprint density at radius 3 is 0.967 bits per heavy atom. The predicted octanol–water partition coefficient (Wildman–Crippen LogP) is 5.39. The van der Waals surface area contributed by atoms with Crippen molar-refractivity contribution in [1.82, 2.24) is 19.9 Å². The normalized spacial score (nSPS) is 9.67. The van der Waals surface area contributed by atoms with Crippen molar-refractivity contribution in [2.24, 2.45) is 0 Å². The van der Waals surface area contributed by atoms with Crippen molar-refractivity contribution in [3.63, 3.8) is 0 Å². The molecule has 18 heteroatoms. The van der Waals surface area contributed by atoms with E-state index in [1.165, 1.54) is 166 Å². The van der Waals surface area contributed by atoms with Gasteiger partial charge in [-0.15, -0.1) is 0 Å². The summed E-state index contributed by atoms with van der Waals surface area (Å²) in [6.07, 6.45) is 16.3. The van der Waals surface area contributed by atoms with Crippen LogP contribution < -0.4 is 15.3 Å². The largest absolute Gasteiger partial charge is 2.00 e. The smallest absolute Gasteiger partial charge is 0.753 e. The summed E-state index contributed by atoms with van der Waals surface area (Å²) in [6.45, 7) is 15.0. The molecule has 15 nitrogen and oxygen atoms in total. The van der Waals surface area contributed by atoms with Crippen LogP contribution in [0.5, 0.6) is 0 Å². The second kappa shape index (κ2) is 33.5. The number of aromatic carboxylic acids is 4. The van der Waals surface area contributed by atoms with E-state index < -0.39 is 23.9 Å². The number of carbonyl (C=O) groups is 4. The number of hydrogen-bond acceptors (Lipinski definition) is 13. The Bertz CT molecular complexity index is 1720. The molecule has 0 aliphatic rings. The molecule has 0 saturated heterocycles. The maximum Gasteiger partial charge on any atom is 2.00 e. The van der Waals surface area contributed by atoms with Crippen LogP contribution in [-0.2, 0) is 19.5 Å². The fourth-order valence-electron chi connectivity index (χ4n) is 5.44. The summed E-state index contributed by atoms with van der Waals surface area (Å²) in [7, 11) is 0. The SMILES string of the molecule is CCCC[N+](CCCC)(CCCC)CCCC.O=C([O-])c1ccnc(-c2cc(C(=O)O)ccn2)c1.O=C([O-])c1ccnc(-c2cc(C(=O)[O-])ccn2)c1.[N-]=C=S.[N-]=C=S.[Ru+2]. The Morgan fingerprint density at radius 2 is 0.767 bits per heavy atom. The van der Waals surface area contributed by atoms with E-state index in [4.69, 9.17) is 15.9 Å². The number of pyridine rings is 4. The molecule has 0 aliphatic carbocycles. The maximum absolute atomic E-state index is 10.8. The summed E-state index contributed by atoms with van der Waals surface area (Å²) in [5.74, 6) is -5.09.